The van der Waals surface area contributed by atoms with Crippen LogP contribution in [0.5, 0.6) is 0 Å². The lowest BCUT2D eigenvalue weighted by atomic mass is 9.60. The van der Waals surface area contributed by atoms with Crippen molar-refractivity contribution in [3.8, 4) is 0 Å². The van der Waals surface area contributed by atoms with Gasteiger partial charge in [-0.15, -0.1) is 0 Å². The molecule has 0 aliphatic heterocycles. The van der Waals surface area contributed by atoms with Gasteiger partial charge >= 0.3 is 0 Å². The molecule has 4 atom stereocenters. The second-order valence-electron chi connectivity index (χ2n) is 9.85. The lowest BCUT2D eigenvalue weighted by Crippen LogP contribution is -2.34. The Morgan fingerprint density at radius 1 is 0.741 bits per heavy atom. The normalized spacial score (nSPS) is 37.0. The van der Waals surface area contributed by atoms with Crippen molar-refractivity contribution in [1.82, 2.24) is 0 Å². The molecular weight excluding hydrogens is 338 g/mol. The van der Waals surface area contributed by atoms with E-state index >= 15 is 0 Å². The summed E-state index contributed by atoms with van der Waals surface area (Å²) < 4.78 is 26.9. The summed E-state index contributed by atoms with van der Waals surface area (Å²) in [5.41, 5.74) is 1.02. The van der Waals surface area contributed by atoms with E-state index in [-0.39, 0.29) is 0 Å². The van der Waals surface area contributed by atoms with Crippen LogP contribution in [0, 0.1) is 41.2 Å². The van der Waals surface area contributed by atoms with Gasteiger partial charge in [-0.25, -0.2) is 8.78 Å². The van der Waals surface area contributed by atoms with Gasteiger partial charge in [0.05, 0.1) is 0 Å². The van der Waals surface area contributed by atoms with Crippen molar-refractivity contribution in [2.45, 2.75) is 89.9 Å². The molecule has 0 N–H and O–H groups in total. The van der Waals surface area contributed by atoms with Gasteiger partial charge in [-0.2, -0.15) is 0 Å². The Bertz CT molecular complexity index is 617. The van der Waals surface area contributed by atoms with Gasteiger partial charge < -0.3 is 0 Å². The molecule has 2 heteroatoms. The van der Waals surface area contributed by atoms with Crippen LogP contribution < -0.4 is 0 Å². The minimum Gasteiger partial charge on any atom is -0.204 e. The molecule has 0 bridgehead atoms. The Balaban J connectivity index is 1.31. The summed E-state index contributed by atoms with van der Waals surface area (Å²) >= 11 is 0. The van der Waals surface area contributed by atoms with E-state index in [2.05, 4.69) is 6.92 Å². The van der Waals surface area contributed by atoms with Crippen LogP contribution in [0.2, 0.25) is 0 Å². The number of fused-ring (bicyclic) bond motifs is 1. The first-order chi connectivity index (χ1) is 13.1. The van der Waals surface area contributed by atoms with Crippen molar-refractivity contribution >= 4 is 0 Å². The summed E-state index contributed by atoms with van der Waals surface area (Å²) in [6.45, 7) is 2.32. The lowest BCUT2D eigenvalue weighted by Gasteiger charge is -2.45. The highest BCUT2D eigenvalue weighted by Crippen LogP contribution is 2.51. The molecule has 0 nitrogen and oxygen atoms in total. The van der Waals surface area contributed by atoms with Gasteiger partial charge in [0.25, 0.3) is 0 Å². The van der Waals surface area contributed by atoms with E-state index in [0.29, 0.717) is 5.92 Å². The highest BCUT2D eigenvalue weighted by Gasteiger charge is 2.39. The van der Waals surface area contributed by atoms with Gasteiger partial charge in [-0.1, -0.05) is 38.7 Å². The fourth-order valence-electron chi connectivity index (χ4n) is 6.78. The molecule has 150 valence electrons. The van der Waals surface area contributed by atoms with Crippen LogP contribution in [0.1, 0.15) is 95.5 Å². The molecule has 0 aromatic heterocycles. The van der Waals surface area contributed by atoms with E-state index < -0.39 is 11.6 Å². The molecule has 0 radical (unpaired) electrons. The van der Waals surface area contributed by atoms with Crippen LogP contribution in [0.4, 0.5) is 8.78 Å². The predicted molar refractivity (Wildman–Crippen MR) is 108 cm³/mol. The summed E-state index contributed by atoms with van der Waals surface area (Å²) in [4.78, 5) is 0. The molecule has 0 amide bonds. The predicted octanol–water partition coefficient (Wildman–Crippen LogP) is 7.87. The molecule has 3 aliphatic carbocycles. The Morgan fingerprint density at radius 3 is 2.07 bits per heavy atom. The highest BCUT2D eigenvalue weighted by molar-refractivity contribution is 5.22. The Hall–Kier alpha value is -0.920. The summed E-state index contributed by atoms with van der Waals surface area (Å²) in [5, 5.41) is 0. The topological polar surface area (TPSA) is 0 Å². The van der Waals surface area contributed by atoms with Gasteiger partial charge in [-0.3, -0.25) is 0 Å². The Kier molecular flexibility index (Phi) is 6.19. The molecule has 0 heterocycles. The van der Waals surface area contributed by atoms with Crippen molar-refractivity contribution < 1.29 is 8.78 Å². The van der Waals surface area contributed by atoms with Crippen LogP contribution in [0.25, 0.3) is 0 Å². The fraction of sp³-hybridized carbons (Fsp3) is 0.760. The van der Waals surface area contributed by atoms with Crippen LogP contribution >= 0.6 is 0 Å². The molecule has 4 unspecified atom stereocenters. The monoisotopic (exact) mass is 374 g/mol. The number of rotatable bonds is 4. The van der Waals surface area contributed by atoms with Crippen molar-refractivity contribution in [2.75, 3.05) is 0 Å². The smallest absolute Gasteiger partial charge is 0.159 e. The summed E-state index contributed by atoms with van der Waals surface area (Å²) in [6.07, 6.45) is 16.5. The van der Waals surface area contributed by atoms with Gasteiger partial charge in [0.1, 0.15) is 0 Å². The van der Waals surface area contributed by atoms with E-state index in [9.17, 15) is 8.78 Å². The third-order valence-corrected chi connectivity index (χ3v) is 8.32. The first-order valence-corrected chi connectivity index (χ1v) is 11.6. The van der Waals surface area contributed by atoms with Crippen molar-refractivity contribution in [1.29, 1.82) is 0 Å². The zero-order chi connectivity index (χ0) is 18.8. The quantitative estimate of drug-likeness (QED) is 0.503. The molecule has 4 rings (SSSR count). The van der Waals surface area contributed by atoms with Gasteiger partial charge in [0.15, 0.2) is 11.6 Å². The zero-order valence-electron chi connectivity index (χ0n) is 16.9. The molecule has 3 aliphatic rings. The number of halogens is 2. The lowest BCUT2D eigenvalue weighted by molar-refractivity contribution is 0.0711. The van der Waals surface area contributed by atoms with E-state index in [0.717, 1.165) is 41.6 Å². The largest absolute Gasteiger partial charge is 0.204 e. The fourth-order valence-corrected chi connectivity index (χ4v) is 6.78. The van der Waals surface area contributed by atoms with E-state index in [1.165, 1.54) is 82.8 Å². The van der Waals surface area contributed by atoms with Crippen molar-refractivity contribution in [3.63, 3.8) is 0 Å². The molecule has 1 aromatic rings. The average molecular weight is 375 g/mol. The number of benzene rings is 1. The SMILES string of the molecule is CCCC1CCC(C2CCC3CC(c4ccc(F)c(F)c4)CCC3C2)CC1. The van der Waals surface area contributed by atoms with Gasteiger partial charge in [-0.05, 0) is 105 Å². The van der Waals surface area contributed by atoms with Crippen molar-refractivity contribution in [3.05, 3.63) is 35.4 Å². The first kappa shape index (κ1) is 19.4. The molecule has 27 heavy (non-hydrogen) atoms. The van der Waals surface area contributed by atoms with Gasteiger partial charge in [0, 0.05) is 0 Å². The van der Waals surface area contributed by atoms with Crippen LogP contribution in [0.3, 0.4) is 0 Å². The standard InChI is InChI=1S/C25H36F2/c1-2-3-17-4-6-18(7-5-17)19-8-9-21-15-22(11-10-20(21)14-19)23-12-13-24(26)25(27)16-23/h12-13,16-22H,2-11,14-15H2,1H3. The summed E-state index contributed by atoms with van der Waals surface area (Å²) in [6, 6.07) is 4.56. The average Bonchev–Trinajstić information content (AvgIpc) is 2.70. The van der Waals surface area contributed by atoms with Crippen molar-refractivity contribution in [2.24, 2.45) is 29.6 Å². The van der Waals surface area contributed by atoms with Gasteiger partial charge in [0.2, 0.25) is 0 Å². The summed E-state index contributed by atoms with van der Waals surface area (Å²) in [7, 11) is 0. The van der Waals surface area contributed by atoms with Crippen LogP contribution in [0.15, 0.2) is 18.2 Å². The van der Waals surface area contributed by atoms with Crippen LogP contribution in [-0.4, -0.2) is 0 Å². The molecule has 3 fully saturated rings. The third kappa shape index (κ3) is 4.40. The Labute approximate surface area is 164 Å². The molecule has 3 saturated carbocycles. The Morgan fingerprint density at radius 2 is 1.37 bits per heavy atom. The molecule has 0 spiro atoms. The maximum Gasteiger partial charge on any atom is 0.159 e. The maximum absolute atomic E-state index is 13.6. The number of hydrogen-bond acceptors (Lipinski definition) is 0. The van der Waals surface area contributed by atoms with E-state index in [1.54, 1.807) is 0 Å². The van der Waals surface area contributed by atoms with E-state index in [1.807, 2.05) is 6.07 Å². The first-order valence-electron chi connectivity index (χ1n) is 11.6. The maximum atomic E-state index is 13.6. The molecule has 1 aromatic carbocycles. The van der Waals surface area contributed by atoms with E-state index in [4.69, 9.17) is 0 Å². The molecular formula is C25H36F2. The highest BCUT2D eigenvalue weighted by atomic mass is 19.2. The minimum absolute atomic E-state index is 0.433. The second kappa shape index (κ2) is 8.62. The molecule has 0 saturated heterocycles. The summed E-state index contributed by atoms with van der Waals surface area (Å²) in [5.74, 6) is 3.69. The van der Waals surface area contributed by atoms with Crippen LogP contribution in [-0.2, 0) is 0 Å². The zero-order valence-corrected chi connectivity index (χ0v) is 16.9. The second-order valence-corrected chi connectivity index (χ2v) is 9.85. The third-order valence-electron chi connectivity index (χ3n) is 8.32. The number of hydrogen-bond donors (Lipinski definition) is 0. The minimum atomic E-state index is -0.721.